The minimum absolute atomic E-state index is 0.00655. The topological polar surface area (TPSA) is 124 Å². The molecule has 2 heterocycles. The summed E-state index contributed by atoms with van der Waals surface area (Å²) in [6.45, 7) is 2.40. The number of hydrogen-bond donors (Lipinski definition) is 2. The van der Waals surface area contributed by atoms with E-state index < -0.39 is 29.4 Å². The van der Waals surface area contributed by atoms with Crippen LogP contribution in [0, 0.1) is 11.3 Å². The van der Waals surface area contributed by atoms with Crippen molar-refractivity contribution in [2.75, 3.05) is 32.6 Å². The van der Waals surface area contributed by atoms with E-state index in [0.717, 1.165) is 60.8 Å². The minimum Gasteiger partial charge on any atom is -0.466 e. The molecule has 2 aromatic carbocycles. The van der Waals surface area contributed by atoms with Gasteiger partial charge in [-0.2, -0.15) is 18.4 Å². The number of aliphatic hydroxyl groups is 1. The maximum absolute atomic E-state index is 13.7. The third kappa shape index (κ3) is 6.32. The van der Waals surface area contributed by atoms with Crippen LogP contribution in [0.3, 0.4) is 0 Å². The molecule has 1 aliphatic heterocycles. The van der Waals surface area contributed by atoms with Crippen molar-refractivity contribution < 1.29 is 32.3 Å². The summed E-state index contributed by atoms with van der Waals surface area (Å²) in [5.74, 6) is -0.752. The van der Waals surface area contributed by atoms with Gasteiger partial charge in [-0.05, 0) is 67.6 Å². The van der Waals surface area contributed by atoms with Gasteiger partial charge in [0.15, 0.2) is 0 Å². The monoisotopic (exact) mass is 639 g/mol. The highest BCUT2D eigenvalue weighted by molar-refractivity contribution is 5.93. The fourth-order valence-corrected chi connectivity index (χ4v) is 6.85. The number of fused-ring (bicyclic) bond motifs is 1. The number of rotatable bonds is 8. The van der Waals surface area contributed by atoms with Gasteiger partial charge in [0.25, 0.3) is 0 Å². The molecule has 2 N–H and O–H groups in total. The molecule has 1 aliphatic carbocycles. The second kappa shape index (κ2) is 12.8. The van der Waals surface area contributed by atoms with Gasteiger partial charge >= 0.3 is 17.8 Å². The fraction of sp³-hybridized carbons (Fsp3) is 0.455. The second-order valence-corrected chi connectivity index (χ2v) is 12.6. The van der Waals surface area contributed by atoms with E-state index in [0.29, 0.717) is 23.6 Å². The smallest absolute Gasteiger partial charge is 0.416 e. The van der Waals surface area contributed by atoms with Crippen molar-refractivity contribution in [3.63, 3.8) is 0 Å². The number of aryl methyl sites for hydroxylation is 1. The summed E-state index contributed by atoms with van der Waals surface area (Å²) >= 11 is 0. The molecule has 0 unspecified atom stereocenters. The molecule has 3 aromatic rings. The summed E-state index contributed by atoms with van der Waals surface area (Å²) in [6.07, 6.45) is -0.159. The number of allylic oxidation sites excluding steroid dienone is 1. The molecule has 0 bridgehead atoms. The Balaban J connectivity index is 1.58. The Labute approximate surface area is 264 Å². The van der Waals surface area contributed by atoms with Crippen LogP contribution < -0.4 is 10.6 Å². The van der Waals surface area contributed by atoms with Gasteiger partial charge in [0.05, 0.1) is 62.7 Å². The molecule has 1 aromatic heterocycles. The number of carbonyl (C=O) groups is 1. The number of ether oxygens (including phenoxy) is 1. The molecule has 10 nitrogen and oxygen atoms in total. The number of nitrogens with zero attached hydrogens (tertiary/aromatic N) is 5. The number of halogens is 3. The Kier molecular flexibility index (Phi) is 9.15. The van der Waals surface area contributed by atoms with Crippen LogP contribution in [0.25, 0.3) is 0 Å². The minimum atomic E-state index is -4.62. The number of anilines is 2. The summed E-state index contributed by atoms with van der Waals surface area (Å²) in [5, 5.41) is 26.3. The number of aromatic amines is 1. The molecule has 1 atom stereocenters. The first-order chi connectivity index (χ1) is 21.8. The van der Waals surface area contributed by atoms with Crippen LogP contribution in [0.2, 0.25) is 0 Å². The van der Waals surface area contributed by atoms with E-state index in [1.807, 2.05) is 0 Å². The summed E-state index contributed by atoms with van der Waals surface area (Å²) in [7, 11) is 5.56. The number of esters is 1. The lowest BCUT2D eigenvalue weighted by atomic mass is 9.88. The number of hydrogen-bond acceptors (Lipinski definition) is 7. The molecule has 0 radical (unpaired) electrons. The van der Waals surface area contributed by atoms with Crippen LogP contribution in [0.15, 0.2) is 58.5 Å². The Morgan fingerprint density at radius 3 is 2.54 bits per heavy atom. The van der Waals surface area contributed by atoms with E-state index in [2.05, 4.69) is 30.4 Å². The van der Waals surface area contributed by atoms with Crippen LogP contribution in [-0.2, 0) is 22.1 Å². The second-order valence-electron chi connectivity index (χ2n) is 12.6. The van der Waals surface area contributed by atoms with Crippen molar-refractivity contribution in [2.45, 2.75) is 69.8 Å². The largest absolute Gasteiger partial charge is 0.466 e. The van der Waals surface area contributed by atoms with E-state index in [-0.39, 0.29) is 29.0 Å². The third-order valence-corrected chi connectivity index (χ3v) is 9.38. The number of carbonyl (C=O) groups excluding carboxylic acids is 1. The SMILES string of the molecule is COC(=O)C1=C(C)N(c2cccc(C(F)(F)F)c2)c2n[nH]c(=O)n2[C@@H]1c1ccc(C#N)cc1CCC[N+](C)(C)[C@H]1CC[C@H](O)CC1. The third-order valence-electron chi connectivity index (χ3n) is 9.38. The normalized spacial score (nSPS) is 20.3. The maximum Gasteiger partial charge on any atom is 0.416 e. The number of H-pyrrole nitrogens is 1. The molecule has 0 spiro atoms. The molecule has 0 saturated heterocycles. The summed E-state index contributed by atoms with van der Waals surface area (Å²) in [6, 6.07) is 11.2. The molecule has 46 heavy (non-hydrogen) atoms. The first-order valence-corrected chi connectivity index (χ1v) is 15.2. The summed E-state index contributed by atoms with van der Waals surface area (Å²) in [4.78, 5) is 28.2. The van der Waals surface area contributed by atoms with Gasteiger partial charge in [0, 0.05) is 30.6 Å². The van der Waals surface area contributed by atoms with Crippen LogP contribution in [0.1, 0.15) is 67.3 Å². The van der Waals surface area contributed by atoms with Crippen LogP contribution in [0.4, 0.5) is 24.8 Å². The average Bonchev–Trinajstić information content (AvgIpc) is 3.40. The summed E-state index contributed by atoms with van der Waals surface area (Å²) < 4.78 is 48.2. The first kappa shape index (κ1) is 33.0. The van der Waals surface area contributed by atoms with Gasteiger partial charge in [0.2, 0.25) is 5.95 Å². The number of methoxy groups -OCH3 is 1. The quantitative estimate of drug-likeness (QED) is 0.264. The maximum atomic E-state index is 13.7. The Morgan fingerprint density at radius 2 is 1.89 bits per heavy atom. The Hall–Kier alpha value is -4.41. The predicted octanol–water partition coefficient (Wildman–Crippen LogP) is 4.96. The highest BCUT2D eigenvalue weighted by atomic mass is 19.4. The van der Waals surface area contributed by atoms with Gasteiger partial charge in [-0.1, -0.05) is 12.1 Å². The number of quaternary nitrogens is 1. The van der Waals surface area contributed by atoms with Gasteiger partial charge in [-0.15, -0.1) is 5.10 Å². The van der Waals surface area contributed by atoms with Crippen molar-refractivity contribution >= 4 is 17.6 Å². The molecular weight excluding hydrogens is 601 g/mol. The van der Waals surface area contributed by atoms with Crippen molar-refractivity contribution in [3.8, 4) is 6.07 Å². The highest BCUT2D eigenvalue weighted by Crippen LogP contribution is 2.43. The van der Waals surface area contributed by atoms with E-state index in [9.17, 15) is 33.1 Å². The lowest BCUT2D eigenvalue weighted by molar-refractivity contribution is -0.916. The van der Waals surface area contributed by atoms with Crippen LogP contribution in [-0.4, -0.2) is 70.2 Å². The van der Waals surface area contributed by atoms with Crippen molar-refractivity contribution in [1.82, 2.24) is 14.8 Å². The molecule has 1 fully saturated rings. The summed E-state index contributed by atoms with van der Waals surface area (Å²) in [5.41, 5.74) is 0.539. The molecule has 1 saturated carbocycles. The molecule has 13 heteroatoms. The molecule has 5 rings (SSSR count). The molecule has 0 amide bonds. The number of benzene rings is 2. The van der Waals surface area contributed by atoms with Crippen molar-refractivity contribution in [3.05, 3.63) is 86.5 Å². The van der Waals surface area contributed by atoms with Crippen LogP contribution in [0.5, 0.6) is 0 Å². The lowest BCUT2D eigenvalue weighted by Gasteiger charge is -2.41. The lowest BCUT2D eigenvalue weighted by Crippen LogP contribution is -2.51. The average molecular weight is 640 g/mol. The number of nitrogens with one attached hydrogen (secondary N) is 1. The zero-order valence-electron chi connectivity index (χ0n) is 26.3. The van der Waals surface area contributed by atoms with E-state index in [1.54, 1.807) is 25.1 Å². The van der Waals surface area contributed by atoms with Gasteiger partial charge in [-0.3, -0.25) is 4.90 Å². The molecular formula is C33H38F3N6O4+. The first-order valence-electron chi connectivity index (χ1n) is 15.2. The molecule has 2 aliphatic rings. The zero-order chi connectivity index (χ0) is 33.4. The number of aromatic nitrogens is 3. The zero-order valence-corrected chi connectivity index (χ0v) is 26.3. The number of aliphatic hydroxyl groups excluding tert-OH is 1. The predicted molar refractivity (Wildman–Crippen MR) is 164 cm³/mol. The van der Waals surface area contributed by atoms with Crippen LogP contribution >= 0.6 is 0 Å². The number of alkyl halides is 3. The number of nitriles is 1. The molecule has 244 valence electrons. The Morgan fingerprint density at radius 1 is 1.17 bits per heavy atom. The Bertz CT molecular complexity index is 1740. The highest BCUT2D eigenvalue weighted by Gasteiger charge is 2.41. The fourth-order valence-electron chi connectivity index (χ4n) is 6.85. The van der Waals surface area contributed by atoms with Crippen molar-refractivity contribution in [1.29, 1.82) is 5.26 Å². The van der Waals surface area contributed by atoms with E-state index in [1.165, 1.54) is 28.7 Å². The van der Waals surface area contributed by atoms with E-state index >= 15 is 0 Å². The van der Waals surface area contributed by atoms with Gasteiger partial charge in [0.1, 0.15) is 6.04 Å². The standard InChI is InChI=1S/C33H37F3N6O4/c1-20-28(30(44)46-4)29(41-31(38-39-32(41)45)40(20)24-9-5-8-23(18-24)33(34,35)36)27-15-10-21(19-37)17-22(27)7-6-16-42(2,3)25-11-13-26(43)14-12-25/h5,8-10,15,17-18,25-26,29,43H,6-7,11-14,16H2,1-4H3/p+1/t25-,26-,29-/m1/s1. The van der Waals surface area contributed by atoms with Gasteiger partial charge in [-0.25, -0.2) is 19.3 Å². The van der Waals surface area contributed by atoms with E-state index in [4.69, 9.17) is 4.74 Å². The van der Waals surface area contributed by atoms with Gasteiger partial charge < -0.3 is 14.3 Å². The van der Waals surface area contributed by atoms with Crippen molar-refractivity contribution in [2.24, 2.45) is 0 Å².